The molecule has 3 rings (SSSR count). The third-order valence-electron chi connectivity index (χ3n) is 4.52. The molecule has 1 aliphatic rings. The maximum absolute atomic E-state index is 6.25. The van der Waals surface area contributed by atoms with Crippen LogP contribution in [0, 0.1) is 0 Å². The van der Waals surface area contributed by atoms with Crippen molar-refractivity contribution in [2.45, 2.75) is 57.5 Å². The molecule has 0 atom stereocenters. The number of anilines is 3. The maximum Gasteiger partial charge on any atom is 0.155 e. The summed E-state index contributed by atoms with van der Waals surface area (Å²) < 4.78 is 2.06. The standard InChI is InChI=1S/C17H27N7/c18-15-16(20-8-5-10-24-11-9-19-13-24)21-12-22-17(15)23-14-6-3-1-2-4-7-14/h9,11-14H,1-8,10,18H2,(H2,20,21,22,23). The van der Waals surface area contributed by atoms with E-state index in [1.165, 1.54) is 38.5 Å². The molecule has 2 heterocycles. The molecule has 0 amide bonds. The summed E-state index contributed by atoms with van der Waals surface area (Å²) in [5.41, 5.74) is 6.87. The highest BCUT2D eigenvalue weighted by Gasteiger charge is 2.15. The summed E-state index contributed by atoms with van der Waals surface area (Å²) in [5.74, 6) is 1.47. The lowest BCUT2D eigenvalue weighted by molar-refractivity contribution is 0.618. The first-order valence-corrected chi connectivity index (χ1v) is 8.89. The fourth-order valence-electron chi connectivity index (χ4n) is 3.16. The third kappa shape index (κ3) is 4.59. The summed E-state index contributed by atoms with van der Waals surface area (Å²) in [6.07, 6.45) is 15.8. The van der Waals surface area contributed by atoms with Gasteiger partial charge in [-0.05, 0) is 19.3 Å². The predicted molar refractivity (Wildman–Crippen MR) is 96.9 cm³/mol. The van der Waals surface area contributed by atoms with Gasteiger partial charge < -0.3 is 20.9 Å². The van der Waals surface area contributed by atoms with Crippen LogP contribution in [0.5, 0.6) is 0 Å². The van der Waals surface area contributed by atoms with Crippen LogP contribution in [0.15, 0.2) is 25.0 Å². The molecule has 1 saturated carbocycles. The number of nitrogens with zero attached hydrogens (tertiary/aromatic N) is 4. The number of imidazole rings is 1. The van der Waals surface area contributed by atoms with Gasteiger partial charge in [-0.2, -0.15) is 0 Å². The quantitative estimate of drug-likeness (QED) is 0.534. The number of nitrogen functional groups attached to an aromatic ring is 1. The van der Waals surface area contributed by atoms with Crippen molar-refractivity contribution in [2.75, 3.05) is 22.9 Å². The molecule has 0 bridgehead atoms. The Morgan fingerprint density at radius 1 is 1.12 bits per heavy atom. The molecule has 7 heteroatoms. The number of nitrogens with one attached hydrogen (secondary N) is 2. The second kappa shape index (κ2) is 8.52. The molecule has 0 saturated heterocycles. The van der Waals surface area contributed by atoms with E-state index in [-0.39, 0.29) is 0 Å². The molecule has 2 aromatic heterocycles. The second-order valence-corrected chi connectivity index (χ2v) is 6.40. The highest BCUT2D eigenvalue weighted by Crippen LogP contribution is 2.26. The number of nitrogens with two attached hydrogens (primary N) is 1. The van der Waals surface area contributed by atoms with E-state index in [0.717, 1.165) is 25.3 Å². The molecular weight excluding hydrogens is 302 g/mol. The summed E-state index contributed by atoms with van der Waals surface area (Å²) >= 11 is 0. The lowest BCUT2D eigenvalue weighted by Gasteiger charge is -2.19. The summed E-state index contributed by atoms with van der Waals surface area (Å²) in [5, 5.41) is 6.83. The first-order valence-electron chi connectivity index (χ1n) is 8.89. The molecule has 2 aromatic rings. The molecule has 0 spiro atoms. The van der Waals surface area contributed by atoms with E-state index in [4.69, 9.17) is 5.73 Å². The SMILES string of the molecule is Nc1c(NCCCn2ccnc2)ncnc1NC1CCCCCC1. The Kier molecular flexibility index (Phi) is 5.87. The van der Waals surface area contributed by atoms with Crippen LogP contribution in [0.2, 0.25) is 0 Å². The summed E-state index contributed by atoms with van der Waals surface area (Å²) in [6.45, 7) is 1.73. The van der Waals surface area contributed by atoms with Gasteiger partial charge in [0.05, 0.1) is 6.33 Å². The van der Waals surface area contributed by atoms with Crippen LogP contribution in [0.25, 0.3) is 0 Å². The summed E-state index contributed by atoms with van der Waals surface area (Å²) in [6, 6.07) is 0.471. The molecule has 0 radical (unpaired) electrons. The molecule has 7 nitrogen and oxygen atoms in total. The van der Waals surface area contributed by atoms with Gasteiger partial charge in [-0.3, -0.25) is 0 Å². The Morgan fingerprint density at radius 3 is 2.67 bits per heavy atom. The maximum atomic E-state index is 6.25. The van der Waals surface area contributed by atoms with Crippen LogP contribution in [-0.2, 0) is 6.54 Å². The van der Waals surface area contributed by atoms with Gasteiger partial charge in [0.1, 0.15) is 12.0 Å². The fraction of sp³-hybridized carbons (Fsp3) is 0.588. The van der Waals surface area contributed by atoms with E-state index in [1.54, 1.807) is 12.5 Å². The number of aromatic nitrogens is 4. The molecule has 24 heavy (non-hydrogen) atoms. The molecule has 0 aliphatic heterocycles. The van der Waals surface area contributed by atoms with Crippen LogP contribution in [0.3, 0.4) is 0 Å². The number of hydrogen-bond donors (Lipinski definition) is 3. The van der Waals surface area contributed by atoms with Crippen molar-refractivity contribution in [2.24, 2.45) is 0 Å². The Morgan fingerprint density at radius 2 is 1.92 bits per heavy atom. The van der Waals surface area contributed by atoms with Gasteiger partial charge in [0.15, 0.2) is 11.6 Å². The van der Waals surface area contributed by atoms with E-state index >= 15 is 0 Å². The largest absolute Gasteiger partial charge is 0.393 e. The van der Waals surface area contributed by atoms with Crippen LogP contribution >= 0.6 is 0 Å². The first kappa shape index (κ1) is 16.5. The molecule has 0 unspecified atom stereocenters. The van der Waals surface area contributed by atoms with Crippen molar-refractivity contribution in [3.8, 4) is 0 Å². The fourth-order valence-corrected chi connectivity index (χ4v) is 3.16. The monoisotopic (exact) mass is 329 g/mol. The second-order valence-electron chi connectivity index (χ2n) is 6.40. The van der Waals surface area contributed by atoms with Gasteiger partial charge in [0.25, 0.3) is 0 Å². The average molecular weight is 329 g/mol. The van der Waals surface area contributed by atoms with Gasteiger partial charge in [0.2, 0.25) is 0 Å². The van der Waals surface area contributed by atoms with Crippen LogP contribution in [0.1, 0.15) is 44.9 Å². The molecule has 0 aromatic carbocycles. The zero-order valence-corrected chi connectivity index (χ0v) is 14.1. The molecular formula is C17H27N7. The van der Waals surface area contributed by atoms with Gasteiger partial charge in [-0.25, -0.2) is 15.0 Å². The normalized spacial score (nSPS) is 15.8. The lowest BCUT2D eigenvalue weighted by atomic mass is 10.1. The van der Waals surface area contributed by atoms with E-state index in [0.29, 0.717) is 17.5 Å². The summed E-state index contributed by atoms with van der Waals surface area (Å²) in [7, 11) is 0. The van der Waals surface area contributed by atoms with Crippen molar-refractivity contribution < 1.29 is 0 Å². The van der Waals surface area contributed by atoms with Gasteiger partial charge in [0, 0.05) is 31.5 Å². The zero-order chi connectivity index (χ0) is 16.6. The Bertz CT molecular complexity index is 603. The topological polar surface area (TPSA) is 93.7 Å². The Hall–Kier alpha value is -2.31. The van der Waals surface area contributed by atoms with E-state index in [2.05, 4.69) is 30.2 Å². The van der Waals surface area contributed by atoms with Crippen molar-refractivity contribution in [3.63, 3.8) is 0 Å². The number of rotatable bonds is 7. The van der Waals surface area contributed by atoms with Gasteiger partial charge >= 0.3 is 0 Å². The molecule has 4 N–H and O–H groups in total. The minimum atomic E-state index is 0.471. The third-order valence-corrected chi connectivity index (χ3v) is 4.52. The zero-order valence-electron chi connectivity index (χ0n) is 14.1. The van der Waals surface area contributed by atoms with Crippen molar-refractivity contribution in [3.05, 3.63) is 25.0 Å². The van der Waals surface area contributed by atoms with Crippen molar-refractivity contribution in [1.82, 2.24) is 19.5 Å². The smallest absolute Gasteiger partial charge is 0.155 e. The van der Waals surface area contributed by atoms with Crippen LogP contribution in [0.4, 0.5) is 17.3 Å². The molecule has 130 valence electrons. The van der Waals surface area contributed by atoms with Gasteiger partial charge in [-0.15, -0.1) is 0 Å². The van der Waals surface area contributed by atoms with E-state index in [1.807, 2.05) is 12.5 Å². The Balaban J connectivity index is 1.52. The number of hydrogen-bond acceptors (Lipinski definition) is 6. The first-order chi connectivity index (χ1) is 11.8. The highest BCUT2D eigenvalue weighted by atomic mass is 15.1. The predicted octanol–water partition coefficient (Wildman–Crippen LogP) is 2.89. The minimum Gasteiger partial charge on any atom is -0.393 e. The van der Waals surface area contributed by atoms with E-state index in [9.17, 15) is 0 Å². The van der Waals surface area contributed by atoms with Crippen molar-refractivity contribution >= 4 is 17.3 Å². The highest BCUT2D eigenvalue weighted by molar-refractivity contribution is 5.74. The minimum absolute atomic E-state index is 0.471. The van der Waals surface area contributed by atoms with Gasteiger partial charge in [-0.1, -0.05) is 25.7 Å². The molecule has 1 fully saturated rings. The lowest BCUT2D eigenvalue weighted by Crippen LogP contribution is -2.21. The van der Waals surface area contributed by atoms with Crippen LogP contribution < -0.4 is 16.4 Å². The van der Waals surface area contributed by atoms with Crippen LogP contribution in [-0.4, -0.2) is 32.1 Å². The van der Waals surface area contributed by atoms with Crippen molar-refractivity contribution in [1.29, 1.82) is 0 Å². The number of aryl methyl sites for hydroxylation is 1. The summed E-state index contributed by atoms with van der Waals surface area (Å²) in [4.78, 5) is 12.7. The molecule has 1 aliphatic carbocycles. The van der Waals surface area contributed by atoms with E-state index < -0.39 is 0 Å². The Labute approximate surface area is 143 Å². The average Bonchev–Trinajstić information content (AvgIpc) is 2.98.